The van der Waals surface area contributed by atoms with Gasteiger partial charge in [-0.2, -0.15) is 0 Å². The molecule has 1 N–H and O–H groups in total. The molecule has 0 unspecified atom stereocenters. The van der Waals surface area contributed by atoms with E-state index in [0.29, 0.717) is 19.5 Å². The van der Waals surface area contributed by atoms with Gasteiger partial charge < -0.3 is 15.1 Å². The van der Waals surface area contributed by atoms with Crippen molar-refractivity contribution in [2.75, 3.05) is 36.0 Å². The predicted octanol–water partition coefficient (Wildman–Crippen LogP) is 3.11. The van der Waals surface area contributed by atoms with Gasteiger partial charge in [0.2, 0.25) is 11.8 Å². The average Bonchev–Trinajstić information content (AvgIpc) is 2.55. The molecule has 0 aliphatic carbocycles. The molecular formula is C19H31N3O2. The van der Waals surface area contributed by atoms with E-state index in [4.69, 9.17) is 0 Å². The first-order chi connectivity index (χ1) is 11.4. The lowest BCUT2D eigenvalue weighted by Gasteiger charge is -2.26. The van der Waals surface area contributed by atoms with Gasteiger partial charge in [0.05, 0.1) is 0 Å². The van der Waals surface area contributed by atoms with Crippen LogP contribution in [0.1, 0.15) is 46.1 Å². The second-order valence-electron chi connectivity index (χ2n) is 5.91. The maximum Gasteiger partial charge on any atom is 0.223 e. The van der Waals surface area contributed by atoms with E-state index in [1.165, 1.54) is 0 Å². The van der Waals surface area contributed by atoms with E-state index in [0.717, 1.165) is 36.4 Å². The summed E-state index contributed by atoms with van der Waals surface area (Å²) in [5, 5.41) is 2.85. The van der Waals surface area contributed by atoms with Gasteiger partial charge in [0.25, 0.3) is 0 Å². The monoisotopic (exact) mass is 333 g/mol. The molecule has 0 atom stereocenters. The minimum atomic E-state index is -0.0445. The van der Waals surface area contributed by atoms with Crippen molar-refractivity contribution in [1.29, 1.82) is 0 Å². The van der Waals surface area contributed by atoms with Crippen LogP contribution in [0.2, 0.25) is 0 Å². The third-order valence-corrected chi connectivity index (χ3v) is 4.11. The van der Waals surface area contributed by atoms with Crippen LogP contribution < -0.4 is 15.1 Å². The Hall–Kier alpha value is -2.04. The normalized spacial score (nSPS) is 10.4. The van der Waals surface area contributed by atoms with Crippen molar-refractivity contribution >= 4 is 23.2 Å². The van der Waals surface area contributed by atoms with Crippen molar-refractivity contribution < 1.29 is 9.59 Å². The number of benzene rings is 1. The second-order valence-corrected chi connectivity index (χ2v) is 5.91. The van der Waals surface area contributed by atoms with E-state index < -0.39 is 0 Å². The molecule has 0 aliphatic rings. The van der Waals surface area contributed by atoms with Crippen LogP contribution >= 0.6 is 0 Å². The van der Waals surface area contributed by atoms with Crippen molar-refractivity contribution in [2.24, 2.45) is 0 Å². The molecule has 5 heteroatoms. The number of anilines is 2. The van der Waals surface area contributed by atoms with Gasteiger partial charge in [-0.3, -0.25) is 9.59 Å². The molecule has 0 heterocycles. The molecule has 0 radical (unpaired) electrons. The molecule has 0 saturated heterocycles. The topological polar surface area (TPSA) is 52.7 Å². The van der Waals surface area contributed by atoms with E-state index in [9.17, 15) is 9.59 Å². The quantitative estimate of drug-likeness (QED) is 0.755. The van der Waals surface area contributed by atoms with E-state index in [1.807, 2.05) is 26.0 Å². The largest absolute Gasteiger partial charge is 0.372 e. The molecule has 0 aliphatic heterocycles. The van der Waals surface area contributed by atoms with Gasteiger partial charge in [-0.1, -0.05) is 6.92 Å². The lowest BCUT2D eigenvalue weighted by atomic mass is 10.1. The number of rotatable bonds is 9. The van der Waals surface area contributed by atoms with Crippen LogP contribution in [-0.2, 0) is 9.59 Å². The fraction of sp³-hybridized carbons (Fsp3) is 0.579. The molecule has 24 heavy (non-hydrogen) atoms. The maximum absolute atomic E-state index is 12.0. The van der Waals surface area contributed by atoms with Gasteiger partial charge in [0.15, 0.2) is 0 Å². The summed E-state index contributed by atoms with van der Waals surface area (Å²) in [6, 6.07) is 6.13. The molecule has 0 aromatic heterocycles. The van der Waals surface area contributed by atoms with Crippen molar-refractivity contribution in [2.45, 2.75) is 47.5 Å². The molecule has 0 spiro atoms. The SMILES string of the molecule is CCCNC(=O)CCN(C(C)=O)c1ccc(N(CC)CC)cc1C. The molecule has 1 rings (SSSR count). The summed E-state index contributed by atoms with van der Waals surface area (Å²) in [6.45, 7) is 12.8. The van der Waals surface area contributed by atoms with E-state index >= 15 is 0 Å². The molecule has 0 saturated carbocycles. The molecule has 0 bridgehead atoms. The molecule has 0 fully saturated rings. The fourth-order valence-electron chi connectivity index (χ4n) is 2.74. The molecular weight excluding hydrogens is 302 g/mol. The fourth-order valence-corrected chi connectivity index (χ4v) is 2.74. The van der Waals surface area contributed by atoms with E-state index in [2.05, 4.69) is 30.1 Å². The van der Waals surface area contributed by atoms with Gasteiger partial charge in [0.1, 0.15) is 0 Å². The number of hydrogen-bond donors (Lipinski definition) is 1. The highest BCUT2D eigenvalue weighted by atomic mass is 16.2. The molecule has 5 nitrogen and oxygen atoms in total. The molecule has 1 aromatic carbocycles. The van der Waals surface area contributed by atoms with Crippen LogP contribution in [0.4, 0.5) is 11.4 Å². The first-order valence-corrected chi connectivity index (χ1v) is 8.84. The standard InChI is InChI=1S/C19H31N3O2/c1-6-12-20-19(24)11-13-22(16(5)23)18-10-9-17(14-15(18)4)21(7-2)8-3/h9-10,14H,6-8,11-13H2,1-5H3,(H,20,24). The summed E-state index contributed by atoms with van der Waals surface area (Å²) >= 11 is 0. The number of nitrogens with zero attached hydrogens (tertiary/aromatic N) is 2. The van der Waals surface area contributed by atoms with Crippen LogP contribution in [0, 0.1) is 6.92 Å². The second kappa shape index (κ2) is 9.96. The van der Waals surface area contributed by atoms with Crippen LogP contribution in [0.3, 0.4) is 0 Å². The number of amides is 2. The average molecular weight is 333 g/mol. The van der Waals surface area contributed by atoms with Crippen molar-refractivity contribution in [1.82, 2.24) is 5.32 Å². The summed E-state index contributed by atoms with van der Waals surface area (Å²) in [6.07, 6.45) is 1.23. The zero-order valence-electron chi connectivity index (χ0n) is 15.7. The minimum Gasteiger partial charge on any atom is -0.372 e. The Morgan fingerprint density at radius 1 is 1.12 bits per heavy atom. The zero-order chi connectivity index (χ0) is 18.1. The van der Waals surface area contributed by atoms with Crippen LogP contribution in [0.5, 0.6) is 0 Å². The highest BCUT2D eigenvalue weighted by molar-refractivity contribution is 5.93. The third kappa shape index (κ3) is 5.55. The Bertz CT molecular complexity index is 554. The Morgan fingerprint density at radius 2 is 1.79 bits per heavy atom. The molecule has 1 aromatic rings. The van der Waals surface area contributed by atoms with E-state index in [-0.39, 0.29) is 11.8 Å². The highest BCUT2D eigenvalue weighted by Gasteiger charge is 2.16. The number of carbonyl (C=O) groups is 2. The summed E-state index contributed by atoms with van der Waals surface area (Å²) in [7, 11) is 0. The first kappa shape index (κ1) is 20.0. The summed E-state index contributed by atoms with van der Waals surface area (Å²) in [5.41, 5.74) is 3.08. The molecule has 134 valence electrons. The van der Waals surface area contributed by atoms with Gasteiger partial charge in [-0.25, -0.2) is 0 Å². The Balaban J connectivity index is 2.89. The van der Waals surface area contributed by atoms with E-state index in [1.54, 1.807) is 11.8 Å². The van der Waals surface area contributed by atoms with Gasteiger partial charge in [-0.15, -0.1) is 0 Å². The molecule has 2 amide bonds. The summed E-state index contributed by atoms with van der Waals surface area (Å²) in [5.74, 6) is -0.0579. The Kier molecular flexibility index (Phi) is 8.30. The minimum absolute atomic E-state index is 0.0134. The van der Waals surface area contributed by atoms with Crippen LogP contribution in [0.25, 0.3) is 0 Å². The Labute approximate surface area is 146 Å². The maximum atomic E-state index is 12.0. The third-order valence-electron chi connectivity index (χ3n) is 4.11. The van der Waals surface area contributed by atoms with Crippen LogP contribution in [-0.4, -0.2) is 38.0 Å². The zero-order valence-corrected chi connectivity index (χ0v) is 15.7. The van der Waals surface area contributed by atoms with Crippen molar-refractivity contribution in [3.63, 3.8) is 0 Å². The lowest BCUT2D eigenvalue weighted by molar-refractivity contribution is -0.121. The number of hydrogen-bond acceptors (Lipinski definition) is 3. The number of aryl methyl sites for hydroxylation is 1. The predicted molar refractivity (Wildman–Crippen MR) is 101 cm³/mol. The summed E-state index contributed by atoms with van der Waals surface area (Å²) < 4.78 is 0. The first-order valence-electron chi connectivity index (χ1n) is 8.84. The van der Waals surface area contributed by atoms with Crippen molar-refractivity contribution in [3.05, 3.63) is 23.8 Å². The van der Waals surface area contributed by atoms with Gasteiger partial charge >= 0.3 is 0 Å². The van der Waals surface area contributed by atoms with Gasteiger partial charge in [0, 0.05) is 50.9 Å². The Morgan fingerprint density at radius 3 is 2.29 bits per heavy atom. The highest BCUT2D eigenvalue weighted by Crippen LogP contribution is 2.26. The summed E-state index contributed by atoms with van der Waals surface area (Å²) in [4.78, 5) is 27.8. The number of carbonyl (C=O) groups excluding carboxylic acids is 2. The lowest BCUT2D eigenvalue weighted by Crippen LogP contribution is -2.34. The van der Waals surface area contributed by atoms with Crippen molar-refractivity contribution in [3.8, 4) is 0 Å². The van der Waals surface area contributed by atoms with Gasteiger partial charge in [-0.05, 0) is 51.0 Å². The number of nitrogens with one attached hydrogen (secondary N) is 1. The smallest absolute Gasteiger partial charge is 0.223 e. The van der Waals surface area contributed by atoms with Crippen LogP contribution in [0.15, 0.2) is 18.2 Å².